The van der Waals surface area contributed by atoms with Gasteiger partial charge in [0.2, 0.25) is 0 Å². The fourth-order valence-corrected chi connectivity index (χ4v) is 4.46. The molecule has 0 N–H and O–H groups in total. The van der Waals surface area contributed by atoms with Crippen molar-refractivity contribution in [2.24, 2.45) is 0 Å². The van der Waals surface area contributed by atoms with Crippen molar-refractivity contribution in [1.29, 1.82) is 0 Å². The number of hydrogen-bond donors (Lipinski definition) is 0. The van der Waals surface area contributed by atoms with Gasteiger partial charge in [-0.05, 0) is 0 Å². The Morgan fingerprint density at radius 3 is 2.00 bits per heavy atom. The van der Waals surface area contributed by atoms with Crippen LogP contribution in [-0.4, -0.2) is 54.9 Å². The second kappa shape index (κ2) is 9.19. The predicted octanol–water partition coefficient (Wildman–Crippen LogP) is 0.884. The summed E-state index contributed by atoms with van der Waals surface area (Å²) >= 11 is -0.558. The van der Waals surface area contributed by atoms with Gasteiger partial charge in [0.1, 0.15) is 0 Å². The molecule has 2 aromatic carbocycles. The number of non-ortho nitro benzene ring substituents is 3. The van der Waals surface area contributed by atoms with Crippen LogP contribution in [0.15, 0.2) is 36.4 Å². The van der Waals surface area contributed by atoms with Crippen LogP contribution in [0, 0.1) is 40.5 Å². The molecule has 0 bridgehead atoms. The van der Waals surface area contributed by atoms with E-state index in [1.807, 2.05) is 0 Å². The molecule has 32 heavy (non-hydrogen) atoms. The number of nitrogens with zero attached hydrogens (tertiary/aromatic N) is 8. The van der Waals surface area contributed by atoms with Crippen LogP contribution in [0.5, 0.6) is 0 Å². The quantitative estimate of drug-likeness (QED) is 0.224. The van der Waals surface area contributed by atoms with Crippen molar-refractivity contribution in [1.82, 2.24) is 20.2 Å². The van der Waals surface area contributed by atoms with Gasteiger partial charge < -0.3 is 0 Å². The summed E-state index contributed by atoms with van der Waals surface area (Å²) in [6, 6.07) is 6.47. The van der Waals surface area contributed by atoms with Gasteiger partial charge in [-0.3, -0.25) is 0 Å². The molecule has 1 heterocycles. The summed E-state index contributed by atoms with van der Waals surface area (Å²) in [5.41, 5.74) is -1.27. The molecular weight excluding hydrogens is 499 g/mol. The van der Waals surface area contributed by atoms with Crippen LogP contribution in [0.1, 0.15) is 11.1 Å². The van der Waals surface area contributed by atoms with Crippen LogP contribution in [0.2, 0.25) is 0 Å². The van der Waals surface area contributed by atoms with Crippen LogP contribution >= 0.6 is 0 Å². The van der Waals surface area contributed by atoms with Gasteiger partial charge in [0, 0.05) is 0 Å². The van der Waals surface area contributed by atoms with E-state index in [1.54, 1.807) is 0 Å². The Kier molecular flexibility index (Phi) is 6.41. The molecule has 0 spiro atoms. The number of benzene rings is 2. The fourth-order valence-electron chi connectivity index (χ4n) is 2.63. The van der Waals surface area contributed by atoms with Crippen molar-refractivity contribution in [3.05, 3.63) is 88.0 Å². The van der Waals surface area contributed by atoms with Gasteiger partial charge in [-0.1, -0.05) is 0 Å². The molecule has 1 aromatic heterocycles. The van der Waals surface area contributed by atoms with Crippen molar-refractivity contribution in [2.75, 3.05) is 0 Å². The van der Waals surface area contributed by atoms with E-state index >= 15 is 0 Å². The number of nitro groups is 4. The fraction of sp³-hybridized carbons (Fsp3) is 0.133. The normalized spacial score (nSPS) is 10.6. The molecule has 164 valence electrons. The predicted molar refractivity (Wildman–Crippen MR) is 106 cm³/mol. The second-order valence-electron chi connectivity index (χ2n) is 6.11. The number of rotatable bonds is 9. The summed E-state index contributed by atoms with van der Waals surface area (Å²) in [4.78, 5) is 41.3. The summed E-state index contributed by atoms with van der Waals surface area (Å²) < 4.78 is 1.60. The molecular formula is C15H10N8O8Se. The molecule has 0 unspecified atom stereocenters. The number of aromatic nitrogens is 4. The zero-order chi connectivity index (χ0) is 23.4. The average molecular weight is 509 g/mol. The minimum absolute atomic E-state index is 0.102. The van der Waals surface area contributed by atoms with Gasteiger partial charge in [-0.2, -0.15) is 0 Å². The zero-order valence-corrected chi connectivity index (χ0v) is 17.3. The summed E-state index contributed by atoms with van der Waals surface area (Å²) in [7, 11) is 0. The van der Waals surface area contributed by atoms with E-state index < -0.39 is 57.4 Å². The van der Waals surface area contributed by atoms with Crippen LogP contribution in [0.4, 0.5) is 22.7 Å². The molecule has 0 aliphatic heterocycles. The van der Waals surface area contributed by atoms with Crippen molar-refractivity contribution in [3.8, 4) is 0 Å². The van der Waals surface area contributed by atoms with Crippen molar-refractivity contribution >= 4 is 42.4 Å². The monoisotopic (exact) mass is 510 g/mol. The van der Waals surface area contributed by atoms with Gasteiger partial charge in [0.15, 0.2) is 0 Å². The minimum atomic E-state index is -0.755. The van der Waals surface area contributed by atoms with Crippen LogP contribution in [-0.2, 0) is 11.9 Å². The number of hydrogen-bond acceptors (Lipinski definition) is 11. The van der Waals surface area contributed by atoms with E-state index in [4.69, 9.17) is 0 Å². The Hall–Kier alpha value is -4.37. The van der Waals surface area contributed by atoms with E-state index in [9.17, 15) is 40.5 Å². The van der Waals surface area contributed by atoms with Gasteiger partial charge in [0.25, 0.3) is 0 Å². The SMILES string of the molecule is O=[N+]([O-])c1cc(Cn2nnnc2[Se]Cc2ccc([N+](=O)[O-])cc2[N+](=O)[O-])cc([N+](=O)[O-])c1. The van der Waals surface area contributed by atoms with Crippen molar-refractivity contribution in [2.45, 2.75) is 11.9 Å². The Bertz CT molecular complexity index is 1210. The molecule has 16 nitrogen and oxygen atoms in total. The van der Waals surface area contributed by atoms with Crippen LogP contribution in [0.25, 0.3) is 0 Å². The maximum atomic E-state index is 11.3. The van der Waals surface area contributed by atoms with Crippen LogP contribution < -0.4 is 4.72 Å². The van der Waals surface area contributed by atoms with E-state index in [0.29, 0.717) is 4.72 Å². The maximum absolute atomic E-state index is 11.3. The topological polar surface area (TPSA) is 216 Å². The molecule has 3 aromatic rings. The first kappa shape index (κ1) is 22.3. The summed E-state index contributed by atoms with van der Waals surface area (Å²) in [5.74, 6) is 0. The van der Waals surface area contributed by atoms with Gasteiger partial charge >= 0.3 is 182 Å². The number of nitro benzene ring substituents is 4. The third-order valence-corrected chi connectivity index (χ3v) is 6.16. The van der Waals surface area contributed by atoms with Crippen molar-refractivity contribution in [3.63, 3.8) is 0 Å². The van der Waals surface area contributed by atoms with Crippen molar-refractivity contribution < 1.29 is 19.7 Å². The zero-order valence-electron chi connectivity index (χ0n) is 15.6. The first-order chi connectivity index (χ1) is 15.2. The standard InChI is InChI=1S/C15H10N8O8Se/c24-20(25)11-2-1-10(14(6-11)23(30)31)8-32-15-16-17-18-19(15)7-9-3-12(21(26)27)5-13(4-9)22(28)29/h1-6H,7-8H2. The first-order valence-electron chi connectivity index (χ1n) is 8.39. The molecule has 17 heteroatoms. The molecule has 0 aliphatic carbocycles. The molecule has 0 radical (unpaired) electrons. The van der Waals surface area contributed by atoms with E-state index in [1.165, 1.54) is 10.7 Å². The first-order valence-corrected chi connectivity index (χ1v) is 10.5. The third-order valence-electron chi connectivity index (χ3n) is 4.05. The molecule has 0 fully saturated rings. The molecule has 0 aliphatic rings. The molecule has 0 amide bonds. The third kappa shape index (κ3) is 5.02. The van der Waals surface area contributed by atoms with Gasteiger partial charge in [-0.15, -0.1) is 0 Å². The Labute approximate surface area is 182 Å². The molecule has 0 atom stereocenters. The summed E-state index contributed by atoms with van der Waals surface area (Å²) in [6.07, 6.45) is 0. The number of tetrazole rings is 1. The Morgan fingerprint density at radius 1 is 0.812 bits per heavy atom. The van der Waals surface area contributed by atoms with E-state index in [-0.39, 0.29) is 23.0 Å². The second-order valence-corrected chi connectivity index (χ2v) is 8.08. The van der Waals surface area contributed by atoms with Crippen LogP contribution in [0.3, 0.4) is 0 Å². The molecule has 0 saturated heterocycles. The Morgan fingerprint density at radius 2 is 1.44 bits per heavy atom. The van der Waals surface area contributed by atoms with Gasteiger partial charge in [0.05, 0.1) is 0 Å². The summed E-state index contributed by atoms with van der Waals surface area (Å²) in [6.45, 7) is -0.102. The molecule has 0 saturated carbocycles. The summed E-state index contributed by atoms with van der Waals surface area (Å²) in [5, 5.41) is 55.5. The average Bonchev–Trinajstić information content (AvgIpc) is 3.18. The van der Waals surface area contributed by atoms with E-state index in [2.05, 4.69) is 15.5 Å². The molecule has 3 rings (SSSR count). The van der Waals surface area contributed by atoms with Gasteiger partial charge in [-0.25, -0.2) is 0 Å². The Balaban J connectivity index is 1.83. The van der Waals surface area contributed by atoms with E-state index in [0.717, 1.165) is 30.3 Å².